The van der Waals surface area contributed by atoms with Crippen LogP contribution < -0.4 is 0 Å². The smallest absolute Gasteiger partial charge is 0.453 e. The summed E-state index contributed by atoms with van der Waals surface area (Å²) >= 11 is 11.6. The van der Waals surface area contributed by atoms with Crippen LogP contribution >= 0.6 is 22.2 Å². The number of carbonyl (C=O) groups excluding carboxylic acids is 1. The van der Waals surface area contributed by atoms with Crippen molar-refractivity contribution in [1.82, 2.24) is 0 Å². The lowest BCUT2D eigenvalue weighted by molar-refractivity contribution is -0.282. The minimum atomic E-state index is -5.61. The molecule has 10 heteroatoms. The van der Waals surface area contributed by atoms with Gasteiger partial charge in [0.1, 0.15) is 0 Å². The predicted octanol–water partition coefficient (Wildman–Crippen LogP) is 5.00. The van der Waals surface area contributed by atoms with Gasteiger partial charge >= 0.3 is 18.1 Å². The summed E-state index contributed by atoms with van der Waals surface area (Å²) < 4.78 is 66.2. The lowest BCUT2D eigenvalue weighted by atomic mass is 10.2. The van der Waals surface area contributed by atoms with Crippen LogP contribution in [-0.2, 0) is 9.53 Å². The second-order valence-corrected chi connectivity index (χ2v) is 12.2. The molecule has 0 atom stereocenters. The Morgan fingerprint density at radius 3 is 2.14 bits per heavy atom. The second-order valence-electron chi connectivity index (χ2n) is 4.58. The standard InChI is InChI=1S/C11H15Cl2F5O2Si/c1-8(2)9(19)20-5-3-6-21(12,13)7-4-10(14,15)11(16,17)18/h1,3-7H2,2H3. The third-order valence-electron chi connectivity index (χ3n) is 2.49. The van der Waals surface area contributed by atoms with E-state index in [1.165, 1.54) is 6.92 Å². The van der Waals surface area contributed by atoms with Crippen molar-refractivity contribution in [1.29, 1.82) is 0 Å². The van der Waals surface area contributed by atoms with Gasteiger partial charge in [0, 0.05) is 12.0 Å². The number of rotatable bonds is 8. The molecule has 124 valence electrons. The maximum absolute atomic E-state index is 12.7. The fraction of sp³-hybridized carbons (Fsp3) is 0.727. The highest BCUT2D eigenvalue weighted by Crippen LogP contribution is 2.42. The van der Waals surface area contributed by atoms with Crippen LogP contribution in [-0.4, -0.2) is 31.4 Å². The van der Waals surface area contributed by atoms with Crippen LogP contribution in [0.15, 0.2) is 12.2 Å². The van der Waals surface area contributed by atoms with Gasteiger partial charge in [-0.25, -0.2) is 4.79 Å². The van der Waals surface area contributed by atoms with Gasteiger partial charge in [0.15, 0.2) is 0 Å². The number of hydrogen-bond donors (Lipinski definition) is 0. The Hall–Kier alpha value is -0.343. The molecule has 0 aromatic heterocycles. The minimum Gasteiger partial charge on any atom is -0.462 e. The summed E-state index contributed by atoms with van der Waals surface area (Å²) in [5.41, 5.74) is 0.195. The summed E-state index contributed by atoms with van der Waals surface area (Å²) in [5, 5.41) is 0. The maximum atomic E-state index is 12.7. The number of hydrogen-bond acceptors (Lipinski definition) is 2. The third-order valence-corrected chi connectivity index (χ3v) is 6.82. The molecule has 0 spiro atoms. The molecule has 0 unspecified atom stereocenters. The SMILES string of the molecule is C=C(C)C(=O)OCCC[Si](Cl)(Cl)CCC(F)(F)C(F)(F)F. The van der Waals surface area contributed by atoms with Gasteiger partial charge in [-0.2, -0.15) is 22.0 Å². The van der Waals surface area contributed by atoms with E-state index < -0.39 is 37.2 Å². The molecule has 0 amide bonds. The first kappa shape index (κ1) is 20.7. The monoisotopic (exact) mass is 372 g/mol. The third kappa shape index (κ3) is 8.01. The van der Waals surface area contributed by atoms with Crippen molar-refractivity contribution < 1.29 is 31.5 Å². The number of halogens is 7. The van der Waals surface area contributed by atoms with E-state index in [4.69, 9.17) is 26.9 Å². The van der Waals surface area contributed by atoms with Crippen LogP contribution in [0.1, 0.15) is 19.8 Å². The van der Waals surface area contributed by atoms with Crippen LogP contribution in [0.4, 0.5) is 22.0 Å². The highest BCUT2D eigenvalue weighted by atomic mass is 35.7. The van der Waals surface area contributed by atoms with Crippen molar-refractivity contribution in [3.05, 3.63) is 12.2 Å². The molecule has 0 fully saturated rings. The Balaban J connectivity index is 4.16. The number of alkyl halides is 5. The molecule has 0 saturated carbocycles. The highest BCUT2D eigenvalue weighted by Gasteiger charge is 2.57. The molecule has 0 bridgehead atoms. The molecule has 0 saturated heterocycles. The van der Waals surface area contributed by atoms with Crippen molar-refractivity contribution in [3.8, 4) is 0 Å². The molecular formula is C11H15Cl2F5O2Si. The van der Waals surface area contributed by atoms with E-state index in [0.717, 1.165) is 0 Å². The Morgan fingerprint density at radius 1 is 1.19 bits per heavy atom. The molecule has 0 rings (SSSR count). The van der Waals surface area contributed by atoms with E-state index in [1.54, 1.807) is 0 Å². The zero-order valence-electron chi connectivity index (χ0n) is 11.2. The van der Waals surface area contributed by atoms with Gasteiger partial charge in [-0.05, 0) is 25.4 Å². The predicted molar refractivity (Wildman–Crippen MR) is 73.1 cm³/mol. The Bertz CT molecular complexity index is 385. The molecule has 0 aromatic carbocycles. The summed E-state index contributed by atoms with van der Waals surface area (Å²) in [7, 11) is 0. The zero-order valence-corrected chi connectivity index (χ0v) is 13.7. The number of ether oxygens (including phenoxy) is 1. The first-order chi connectivity index (χ1) is 9.28. The van der Waals surface area contributed by atoms with E-state index in [0.29, 0.717) is 0 Å². The molecular weight excluding hydrogens is 358 g/mol. The molecule has 0 aliphatic rings. The van der Waals surface area contributed by atoms with Gasteiger partial charge in [-0.3, -0.25) is 0 Å². The minimum absolute atomic E-state index is 0.0461. The zero-order chi connectivity index (χ0) is 16.9. The molecule has 0 aromatic rings. The molecule has 0 N–H and O–H groups in total. The van der Waals surface area contributed by atoms with Gasteiger partial charge in [-0.15, -0.1) is 22.2 Å². The quantitative estimate of drug-likeness (QED) is 0.149. The van der Waals surface area contributed by atoms with E-state index in [2.05, 4.69) is 6.58 Å². The first-order valence-electron chi connectivity index (χ1n) is 5.93. The second kappa shape index (κ2) is 7.78. The van der Waals surface area contributed by atoms with E-state index in [-0.39, 0.29) is 24.6 Å². The maximum Gasteiger partial charge on any atom is 0.453 e. The van der Waals surface area contributed by atoms with Gasteiger partial charge in [0.25, 0.3) is 6.69 Å². The van der Waals surface area contributed by atoms with Crippen LogP contribution in [0.25, 0.3) is 0 Å². The van der Waals surface area contributed by atoms with Crippen LogP contribution in [0.3, 0.4) is 0 Å². The van der Waals surface area contributed by atoms with Crippen LogP contribution in [0.2, 0.25) is 12.1 Å². The summed E-state index contributed by atoms with van der Waals surface area (Å²) in [6, 6.07) is -0.551. The van der Waals surface area contributed by atoms with Crippen molar-refractivity contribution in [2.24, 2.45) is 0 Å². The van der Waals surface area contributed by atoms with Crippen molar-refractivity contribution in [2.45, 2.75) is 44.0 Å². The van der Waals surface area contributed by atoms with Crippen molar-refractivity contribution in [2.75, 3.05) is 6.61 Å². The van der Waals surface area contributed by atoms with Crippen LogP contribution in [0.5, 0.6) is 0 Å². The summed E-state index contributed by atoms with van der Waals surface area (Å²) in [6.07, 6.45) is -6.86. The molecule has 0 aliphatic carbocycles. The Labute approximate surface area is 129 Å². The van der Waals surface area contributed by atoms with Crippen molar-refractivity contribution >= 4 is 34.8 Å². The number of carbonyl (C=O) groups is 1. The normalized spacial score (nSPS) is 13.1. The van der Waals surface area contributed by atoms with E-state index in [1.807, 2.05) is 0 Å². The van der Waals surface area contributed by atoms with E-state index in [9.17, 15) is 26.7 Å². The van der Waals surface area contributed by atoms with Gasteiger partial charge < -0.3 is 4.74 Å². The highest BCUT2D eigenvalue weighted by molar-refractivity contribution is 7.45. The van der Waals surface area contributed by atoms with Crippen LogP contribution in [0, 0.1) is 0 Å². The molecule has 21 heavy (non-hydrogen) atoms. The van der Waals surface area contributed by atoms with Gasteiger partial charge in [0.2, 0.25) is 0 Å². The van der Waals surface area contributed by atoms with E-state index >= 15 is 0 Å². The molecule has 0 radical (unpaired) electrons. The molecule has 2 nitrogen and oxygen atoms in total. The van der Waals surface area contributed by atoms with Gasteiger partial charge in [0.05, 0.1) is 6.61 Å². The topological polar surface area (TPSA) is 26.3 Å². The average molecular weight is 373 g/mol. The fourth-order valence-corrected chi connectivity index (χ4v) is 4.19. The Kier molecular flexibility index (Phi) is 7.65. The molecule has 0 aliphatic heterocycles. The number of esters is 1. The first-order valence-corrected chi connectivity index (χ1v) is 10.4. The Morgan fingerprint density at radius 2 is 1.71 bits per heavy atom. The lowest BCUT2D eigenvalue weighted by Crippen LogP contribution is -2.38. The van der Waals surface area contributed by atoms with Crippen molar-refractivity contribution in [3.63, 3.8) is 0 Å². The average Bonchev–Trinajstić information content (AvgIpc) is 2.30. The van der Waals surface area contributed by atoms with Gasteiger partial charge in [-0.1, -0.05) is 6.58 Å². The fourth-order valence-electron chi connectivity index (χ4n) is 1.23. The summed E-state index contributed by atoms with van der Waals surface area (Å²) in [4.78, 5) is 11.0. The lowest BCUT2D eigenvalue weighted by Gasteiger charge is -2.23. The largest absolute Gasteiger partial charge is 0.462 e. The molecule has 0 heterocycles. The summed E-state index contributed by atoms with van der Waals surface area (Å²) in [5.74, 6) is -5.42. The summed E-state index contributed by atoms with van der Waals surface area (Å²) in [6.45, 7) is 1.52.